The van der Waals surface area contributed by atoms with E-state index >= 15 is 0 Å². The monoisotopic (exact) mass is 362 g/mol. The van der Waals surface area contributed by atoms with Gasteiger partial charge in [-0.05, 0) is 30.5 Å². The molecule has 1 aliphatic rings. The van der Waals surface area contributed by atoms with Crippen molar-refractivity contribution in [3.05, 3.63) is 82.2 Å². The summed E-state index contributed by atoms with van der Waals surface area (Å²) < 4.78 is 7.76. The van der Waals surface area contributed by atoms with Gasteiger partial charge in [0.2, 0.25) is 0 Å². The summed E-state index contributed by atoms with van der Waals surface area (Å²) in [5, 5.41) is 11.2. The Hall–Kier alpha value is -2.99. The van der Waals surface area contributed by atoms with Gasteiger partial charge >= 0.3 is 0 Å². The topological polar surface area (TPSA) is 69.0 Å². The van der Waals surface area contributed by atoms with Crippen LogP contribution in [-0.2, 0) is 24.4 Å². The highest BCUT2D eigenvalue weighted by Gasteiger charge is 2.27. The van der Waals surface area contributed by atoms with E-state index < -0.39 is 0 Å². The number of nitrogens with zero attached hydrogens (tertiary/aromatic N) is 3. The van der Waals surface area contributed by atoms with E-state index in [-0.39, 0.29) is 12.0 Å². The van der Waals surface area contributed by atoms with Crippen LogP contribution in [0.15, 0.2) is 48.5 Å². The molecule has 2 heterocycles. The van der Waals surface area contributed by atoms with Crippen molar-refractivity contribution in [3.63, 3.8) is 0 Å². The summed E-state index contributed by atoms with van der Waals surface area (Å²) in [7, 11) is 0. The second kappa shape index (κ2) is 7.32. The van der Waals surface area contributed by atoms with Gasteiger partial charge in [0.1, 0.15) is 6.10 Å². The zero-order valence-corrected chi connectivity index (χ0v) is 15.5. The maximum atomic E-state index is 12.6. The molecule has 0 fully saturated rings. The summed E-state index contributed by atoms with van der Waals surface area (Å²) in [6.45, 7) is 5.42. The minimum absolute atomic E-state index is 0.0809. The van der Waals surface area contributed by atoms with E-state index in [4.69, 9.17) is 4.74 Å². The van der Waals surface area contributed by atoms with E-state index in [2.05, 4.69) is 46.8 Å². The number of hydrogen-bond acceptors (Lipinski definition) is 4. The Bertz CT molecular complexity index is 963. The van der Waals surface area contributed by atoms with Gasteiger partial charge in [0.05, 0.1) is 18.8 Å². The van der Waals surface area contributed by atoms with Crippen molar-refractivity contribution in [2.75, 3.05) is 0 Å². The van der Waals surface area contributed by atoms with E-state index in [0.717, 1.165) is 22.4 Å². The van der Waals surface area contributed by atoms with Crippen LogP contribution in [0.5, 0.6) is 0 Å². The molecule has 138 valence electrons. The molecule has 0 saturated carbocycles. The van der Waals surface area contributed by atoms with Crippen molar-refractivity contribution in [2.24, 2.45) is 0 Å². The lowest BCUT2D eigenvalue weighted by Gasteiger charge is -2.24. The minimum atomic E-state index is -0.225. The first-order valence-corrected chi connectivity index (χ1v) is 9.05. The number of amides is 1. The summed E-state index contributed by atoms with van der Waals surface area (Å²) in [4.78, 5) is 12.6. The quantitative estimate of drug-likeness (QED) is 0.774. The van der Waals surface area contributed by atoms with Gasteiger partial charge in [-0.2, -0.15) is 0 Å². The zero-order valence-electron chi connectivity index (χ0n) is 15.5. The van der Waals surface area contributed by atoms with Crippen molar-refractivity contribution in [2.45, 2.75) is 39.6 Å². The fourth-order valence-corrected chi connectivity index (χ4v) is 3.24. The van der Waals surface area contributed by atoms with Crippen LogP contribution in [-0.4, -0.2) is 20.9 Å². The number of carbonyl (C=O) groups excluding carboxylic acids is 1. The van der Waals surface area contributed by atoms with E-state index in [1.54, 1.807) is 4.68 Å². The number of carbonyl (C=O) groups is 1. The average Bonchev–Trinajstić information content (AvgIpc) is 3.11. The number of rotatable bonds is 4. The molecule has 3 aromatic rings. The highest BCUT2D eigenvalue weighted by atomic mass is 16.5. The molecule has 0 saturated heterocycles. The highest BCUT2D eigenvalue weighted by molar-refractivity contribution is 5.93. The van der Waals surface area contributed by atoms with Crippen LogP contribution in [0.1, 0.15) is 44.5 Å². The van der Waals surface area contributed by atoms with Crippen molar-refractivity contribution < 1.29 is 9.53 Å². The summed E-state index contributed by atoms with van der Waals surface area (Å²) in [5.41, 5.74) is 5.61. The second-order valence-corrected chi connectivity index (χ2v) is 6.89. The summed E-state index contributed by atoms with van der Waals surface area (Å²) >= 11 is 0. The molecule has 1 unspecified atom stereocenters. The van der Waals surface area contributed by atoms with E-state index in [1.165, 1.54) is 5.56 Å². The Morgan fingerprint density at radius 2 is 1.96 bits per heavy atom. The van der Waals surface area contributed by atoms with Crippen LogP contribution >= 0.6 is 0 Å². The molecular formula is C21H22N4O2. The third-order valence-electron chi connectivity index (χ3n) is 4.96. The van der Waals surface area contributed by atoms with Gasteiger partial charge < -0.3 is 10.1 Å². The minimum Gasteiger partial charge on any atom is -0.365 e. The van der Waals surface area contributed by atoms with Crippen molar-refractivity contribution in [1.82, 2.24) is 20.3 Å². The van der Waals surface area contributed by atoms with E-state index in [9.17, 15) is 4.79 Å². The molecule has 6 heteroatoms. The Morgan fingerprint density at radius 1 is 1.19 bits per heavy atom. The number of aromatic nitrogens is 3. The number of hydrogen-bond donors (Lipinski definition) is 1. The van der Waals surface area contributed by atoms with Crippen LogP contribution < -0.4 is 5.32 Å². The first-order chi connectivity index (χ1) is 13.1. The molecule has 1 aromatic heterocycles. The van der Waals surface area contributed by atoms with Gasteiger partial charge in [-0.15, -0.1) is 5.10 Å². The predicted octanol–water partition coefficient (Wildman–Crippen LogP) is 3.10. The molecular weight excluding hydrogens is 340 g/mol. The Balaban J connectivity index is 1.45. The number of aryl methyl sites for hydroxylation is 2. The third kappa shape index (κ3) is 3.61. The van der Waals surface area contributed by atoms with Gasteiger partial charge in [0.15, 0.2) is 5.69 Å². The first kappa shape index (κ1) is 17.4. The summed E-state index contributed by atoms with van der Waals surface area (Å²) in [5.74, 6) is -0.225. The first-order valence-electron chi connectivity index (χ1n) is 9.05. The maximum absolute atomic E-state index is 12.6. The molecule has 1 atom stereocenters. The summed E-state index contributed by atoms with van der Waals surface area (Å²) in [6.07, 6.45) is -0.0809. The van der Waals surface area contributed by atoms with Crippen LogP contribution in [0.3, 0.4) is 0 Å². The van der Waals surface area contributed by atoms with Crippen LogP contribution in [0.4, 0.5) is 0 Å². The molecule has 27 heavy (non-hydrogen) atoms. The van der Waals surface area contributed by atoms with Gasteiger partial charge in [-0.25, -0.2) is 4.68 Å². The number of ether oxygens (including phenoxy) is 1. The molecule has 1 amide bonds. The molecule has 1 aliphatic heterocycles. The fourth-order valence-electron chi connectivity index (χ4n) is 3.24. The Morgan fingerprint density at radius 3 is 2.74 bits per heavy atom. The van der Waals surface area contributed by atoms with Crippen molar-refractivity contribution in [1.29, 1.82) is 0 Å². The molecule has 0 aliphatic carbocycles. The van der Waals surface area contributed by atoms with Gasteiger partial charge in [-0.3, -0.25) is 4.79 Å². The Labute approximate surface area is 158 Å². The molecule has 1 N–H and O–H groups in total. The molecule has 0 spiro atoms. The lowest BCUT2D eigenvalue weighted by molar-refractivity contribution is -0.00177. The van der Waals surface area contributed by atoms with Crippen molar-refractivity contribution >= 4 is 5.91 Å². The molecule has 0 bridgehead atoms. The largest absolute Gasteiger partial charge is 0.365 e. The zero-order chi connectivity index (χ0) is 18.8. The van der Waals surface area contributed by atoms with Gasteiger partial charge in [-0.1, -0.05) is 59.3 Å². The predicted molar refractivity (Wildman–Crippen MR) is 101 cm³/mol. The number of fused-ring (bicyclic) bond motifs is 1. The third-order valence-corrected chi connectivity index (χ3v) is 4.96. The van der Waals surface area contributed by atoms with Crippen molar-refractivity contribution in [3.8, 4) is 0 Å². The van der Waals surface area contributed by atoms with Crippen LogP contribution in [0.2, 0.25) is 0 Å². The standard InChI is InChI=1S/C21H22N4O2/c1-14-7-9-16(10-8-14)19-12-25-18(13-27-19)20(23-24-25)21(26)22-11-17-6-4-3-5-15(17)2/h3-10,19H,11-13H2,1-2H3,(H,22,26). The summed E-state index contributed by atoms with van der Waals surface area (Å²) in [6, 6.07) is 16.3. The fraction of sp³-hybridized carbons (Fsp3) is 0.286. The lowest BCUT2D eigenvalue weighted by Crippen LogP contribution is -2.27. The number of benzene rings is 2. The lowest BCUT2D eigenvalue weighted by atomic mass is 10.1. The average molecular weight is 362 g/mol. The number of nitrogens with one attached hydrogen (secondary N) is 1. The van der Waals surface area contributed by atoms with Crippen LogP contribution in [0, 0.1) is 13.8 Å². The van der Waals surface area contributed by atoms with Gasteiger partial charge in [0.25, 0.3) is 5.91 Å². The maximum Gasteiger partial charge on any atom is 0.274 e. The normalized spacial score (nSPS) is 16.0. The van der Waals surface area contributed by atoms with E-state index in [1.807, 2.05) is 31.2 Å². The molecule has 6 nitrogen and oxygen atoms in total. The second-order valence-electron chi connectivity index (χ2n) is 6.89. The van der Waals surface area contributed by atoms with Crippen LogP contribution in [0.25, 0.3) is 0 Å². The smallest absolute Gasteiger partial charge is 0.274 e. The van der Waals surface area contributed by atoms with E-state index in [0.29, 0.717) is 25.4 Å². The highest BCUT2D eigenvalue weighted by Crippen LogP contribution is 2.27. The SMILES string of the molecule is Cc1ccc(C2Cn3nnc(C(=O)NCc4ccccc4C)c3CO2)cc1. The molecule has 2 aromatic carbocycles. The molecule has 4 rings (SSSR count). The Kier molecular flexibility index (Phi) is 4.73. The molecule has 0 radical (unpaired) electrons. The van der Waals surface area contributed by atoms with Gasteiger partial charge in [0, 0.05) is 6.54 Å².